The maximum Gasteiger partial charge on any atom is 0.122 e. The van der Waals surface area contributed by atoms with Crippen molar-refractivity contribution < 1.29 is 4.74 Å². The number of methoxy groups -OCH3 is 1. The first-order chi connectivity index (χ1) is 10.3. The van der Waals surface area contributed by atoms with Crippen LogP contribution in [-0.4, -0.2) is 37.7 Å². The van der Waals surface area contributed by atoms with Crippen LogP contribution in [0.3, 0.4) is 0 Å². The molecule has 2 unspecified atom stereocenters. The van der Waals surface area contributed by atoms with Gasteiger partial charge in [0.25, 0.3) is 0 Å². The van der Waals surface area contributed by atoms with Crippen molar-refractivity contribution in [1.82, 2.24) is 4.90 Å². The van der Waals surface area contributed by atoms with E-state index in [4.69, 9.17) is 4.74 Å². The molecular formula is C18H28N2O. The van der Waals surface area contributed by atoms with Crippen LogP contribution < -0.4 is 10.1 Å². The molecule has 3 nitrogen and oxygen atoms in total. The smallest absolute Gasteiger partial charge is 0.122 e. The number of rotatable bonds is 6. The molecule has 1 aromatic carbocycles. The lowest BCUT2D eigenvalue weighted by molar-refractivity contribution is 0.171. The molecule has 116 valence electrons. The predicted molar refractivity (Wildman–Crippen MR) is 88.5 cm³/mol. The summed E-state index contributed by atoms with van der Waals surface area (Å²) in [6.07, 6.45) is 4.91. The van der Waals surface area contributed by atoms with E-state index in [1.807, 2.05) is 0 Å². The van der Waals surface area contributed by atoms with Crippen LogP contribution in [0.5, 0.6) is 5.75 Å². The second kappa shape index (κ2) is 6.27. The molecule has 1 N–H and O–H groups in total. The topological polar surface area (TPSA) is 24.5 Å². The molecule has 0 spiro atoms. The summed E-state index contributed by atoms with van der Waals surface area (Å²) < 4.78 is 5.65. The minimum Gasteiger partial charge on any atom is -0.496 e. The number of anilines is 1. The minimum absolute atomic E-state index is 0.667. The summed E-state index contributed by atoms with van der Waals surface area (Å²) in [5.41, 5.74) is 4.34. The maximum absolute atomic E-state index is 5.65. The Labute approximate surface area is 128 Å². The molecular weight excluding hydrogens is 260 g/mol. The second-order valence-corrected chi connectivity index (χ2v) is 6.42. The summed E-state index contributed by atoms with van der Waals surface area (Å²) in [7, 11) is 1.80. The maximum atomic E-state index is 5.65. The zero-order chi connectivity index (χ0) is 14.8. The summed E-state index contributed by atoms with van der Waals surface area (Å²) in [6.45, 7) is 8.11. The van der Waals surface area contributed by atoms with Gasteiger partial charge in [-0.25, -0.2) is 0 Å². The highest BCUT2D eigenvalue weighted by atomic mass is 16.5. The summed E-state index contributed by atoms with van der Waals surface area (Å²) >= 11 is 0. The van der Waals surface area contributed by atoms with Gasteiger partial charge in [0.1, 0.15) is 5.75 Å². The van der Waals surface area contributed by atoms with E-state index in [1.165, 1.54) is 43.6 Å². The average Bonchev–Trinajstić information content (AvgIpc) is 2.92. The molecule has 0 aromatic heterocycles. The Balaban J connectivity index is 1.90. The Kier molecular flexibility index (Phi) is 4.39. The van der Waals surface area contributed by atoms with Gasteiger partial charge in [0, 0.05) is 29.8 Å². The Morgan fingerprint density at radius 1 is 1.24 bits per heavy atom. The van der Waals surface area contributed by atoms with Gasteiger partial charge in [0.2, 0.25) is 0 Å². The van der Waals surface area contributed by atoms with Gasteiger partial charge in [0.15, 0.2) is 0 Å². The van der Waals surface area contributed by atoms with E-state index in [1.54, 1.807) is 12.7 Å². The fourth-order valence-corrected chi connectivity index (χ4v) is 4.18. The molecule has 0 saturated carbocycles. The van der Waals surface area contributed by atoms with Gasteiger partial charge in [-0.15, -0.1) is 0 Å². The van der Waals surface area contributed by atoms with Crippen LogP contribution in [0.1, 0.15) is 50.2 Å². The number of nitrogens with one attached hydrogen (secondary N) is 1. The molecule has 1 aliphatic carbocycles. The molecule has 1 aliphatic heterocycles. The van der Waals surface area contributed by atoms with Crippen molar-refractivity contribution in [2.24, 2.45) is 0 Å². The number of hydrogen-bond donors (Lipinski definition) is 1. The molecule has 0 radical (unpaired) electrons. The highest BCUT2D eigenvalue weighted by Gasteiger charge is 2.36. The number of benzene rings is 1. The third-order valence-electron chi connectivity index (χ3n) is 5.02. The second-order valence-electron chi connectivity index (χ2n) is 6.42. The van der Waals surface area contributed by atoms with Crippen LogP contribution in [0, 0.1) is 0 Å². The van der Waals surface area contributed by atoms with E-state index in [9.17, 15) is 0 Å². The lowest BCUT2D eigenvalue weighted by Crippen LogP contribution is -2.41. The molecule has 0 saturated heterocycles. The van der Waals surface area contributed by atoms with Crippen molar-refractivity contribution >= 4 is 5.69 Å². The van der Waals surface area contributed by atoms with Crippen molar-refractivity contribution in [2.75, 3.05) is 32.1 Å². The minimum atomic E-state index is 0.667. The Morgan fingerprint density at radius 2 is 2.00 bits per heavy atom. The van der Waals surface area contributed by atoms with Crippen LogP contribution in [0.25, 0.3) is 0 Å². The Hall–Kier alpha value is -1.22. The van der Waals surface area contributed by atoms with Crippen LogP contribution in [-0.2, 0) is 6.42 Å². The van der Waals surface area contributed by atoms with E-state index in [0.717, 1.165) is 18.7 Å². The van der Waals surface area contributed by atoms with Gasteiger partial charge in [-0.3, -0.25) is 0 Å². The highest BCUT2D eigenvalue weighted by Crippen LogP contribution is 2.45. The third kappa shape index (κ3) is 2.64. The third-order valence-corrected chi connectivity index (χ3v) is 5.02. The summed E-state index contributed by atoms with van der Waals surface area (Å²) in [5, 5.41) is 3.58. The van der Waals surface area contributed by atoms with Gasteiger partial charge in [-0.05, 0) is 56.5 Å². The normalized spacial score (nSPS) is 23.0. The lowest BCUT2D eigenvalue weighted by atomic mass is 9.80. The Morgan fingerprint density at radius 3 is 2.67 bits per heavy atom. The quantitative estimate of drug-likeness (QED) is 0.865. The van der Waals surface area contributed by atoms with Crippen molar-refractivity contribution in [3.8, 4) is 5.75 Å². The van der Waals surface area contributed by atoms with E-state index < -0.39 is 0 Å². The molecule has 1 heterocycles. The van der Waals surface area contributed by atoms with Gasteiger partial charge in [0.05, 0.1) is 7.11 Å². The summed E-state index contributed by atoms with van der Waals surface area (Å²) in [5.74, 6) is 1.75. The SMILES string of the molecule is CCCN(CCC)C1Cc2c(OC)ccc3c2C(CN3)C1. The van der Waals surface area contributed by atoms with E-state index >= 15 is 0 Å². The van der Waals surface area contributed by atoms with E-state index in [2.05, 4.69) is 36.2 Å². The van der Waals surface area contributed by atoms with Crippen molar-refractivity contribution in [1.29, 1.82) is 0 Å². The molecule has 21 heavy (non-hydrogen) atoms. The first-order valence-electron chi connectivity index (χ1n) is 8.46. The first-order valence-corrected chi connectivity index (χ1v) is 8.46. The van der Waals surface area contributed by atoms with Crippen molar-refractivity contribution in [2.45, 2.75) is 51.5 Å². The van der Waals surface area contributed by atoms with Crippen LogP contribution in [0.4, 0.5) is 5.69 Å². The number of nitrogens with zero attached hydrogens (tertiary/aromatic N) is 1. The molecule has 0 bridgehead atoms. The van der Waals surface area contributed by atoms with Gasteiger partial charge in [-0.2, -0.15) is 0 Å². The van der Waals surface area contributed by atoms with Crippen LogP contribution in [0.15, 0.2) is 12.1 Å². The van der Waals surface area contributed by atoms with E-state index in [-0.39, 0.29) is 0 Å². The average molecular weight is 288 g/mol. The van der Waals surface area contributed by atoms with Crippen LogP contribution in [0.2, 0.25) is 0 Å². The molecule has 3 rings (SSSR count). The molecule has 2 aliphatic rings. The fourth-order valence-electron chi connectivity index (χ4n) is 4.18. The Bertz CT molecular complexity index is 494. The predicted octanol–water partition coefficient (Wildman–Crippen LogP) is 3.64. The molecule has 0 amide bonds. The zero-order valence-electron chi connectivity index (χ0n) is 13.6. The lowest BCUT2D eigenvalue weighted by Gasteiger charge is -2.37. The fraction of sp³-hybridized carbons (Fsp3) is 0.667. The largest absolute Gasteiger partial charge is 0.496 e. The number of ether oxygens (including phenoxy) is 1. The molecule has 1 aromatic rings. The zero-order valence-corrected chi connectivity index (χ0v) is 13.6. The monoisotopic (exact) mass is 288 g/mol. The summed E-state index contributed by atoms with van der Waals surface area (Å²) in [4.78, 5) is 2.70. The molecule has 3 heteroatoms. The highest BCUT2D eigenvalue weighted by molar-refractivity contribution is 5.65. The van der Waals surface area contributed by atoms with Crippen LogP contribution >= 0.6 is 0 Å². The van der Waals surface area contributed by atoms with Gasteiger partial charge in [-0.1, -0.05) is 13.8 Å². The number of hydrogen-bond acceptors (Lipinski definition) is 3. The molecule has 0 fully saturated rings. The standard InChI is InChI=1S/C18H28N2O/c1-4-8-20(9-5-2)14-10-13-12-19-16-6-7-17(21-3)15(11-14)18(13)16/h6-7,13-14,19H,4-5,8-12H2,1-3H3. The molecule has 2 atom stereocenters. The van der Waals surface area contributed by atoms with E-state index in [0.29, 0.717) is 12.0 Å². The van der Waals surface area contributed by atoms with Gasteiger partial charge < -0.3 is 15.0 Å². The van der Waals surface area contributed by atoms with Crippen molar-refractivity contribution in [3.63, 3.8) is 0 Å². The van der Waals surface area contributed by atoms with Crippen molar-refractivity contribution in [3.05, 3.63) is 23.3 Å². The van der Waals surface area contributed by atoms with Gasteiger partial charge >= 0.3 is 0 Å². The summed E-state index contributed by atoms with van der Waals surface area (Å²) in [6, 6.07) is 5.00. The first kappa shape index (κ1) is 14.7.